The Labute approximate surface area is 112 Å². The molecule has 0 bridgehead atoms. The predicted molar refractivity (Wildman–Crippen MR) is 69.9 cm³/mol. The van der Waals surface area contributed by atoms with Gasteiger partial charge >= 0.3 is 0 Å². The van der Waals surface area contributed by atoms with Crippen LogP contribution in [0.15, 0.2) is 18.2 Å². The fraction of sp³-hybridized carbons (Fsp3) is 0.533. The van der Waals surface area contributed by atoms with Gasteiger partial charge in [-0.05, 0) is 56.0 Å². The van der Waals surface area contributed by atoms with Crippen molar-refractivity contribution in [3.63, 3.8) is 0 Å². The molecule has 2 nitrogen and oxygen atoms in total. The van der Waals surface area contributed by atoms with Crippen LogP contribution in [0.25, 0.3) is 0 Å². The minimum Gasteiger partial charge on any atom is -0.316 e. The SMILES string of the molecule is O=C(CCC1CCCNC1)Cc1cc(F)cc(F)c1. The molecule has 1 heterocycles. The molecule has 1 aromatic rings. The van der Waals surface area contributed by atoms with Gasteiger partial charge in [-0.25, -0.2) is 8.78 Å². The predicted octanol–water partition coefficient (Wildman–Crippen LogP) is 2.86. The number of nitrogens with one attached hydrogen (secondary N) is 1. The normalized spacial score (nSPS) is 19.4. The number of piperidine rings is 1. The Hall–Kier alpha value is -1.29. The second kappa shape index (κ2) is 6.75. The molecule has 1 fully saturated rings. The molecule has 0 aromatic heterocycles. The average Bonchev–Trinajstić information content (AvgIpc) is 2.36. The summed E-state index contributed by atoms with van der Waals surface area (Å²) in [5.41, 5.74) is 0.421. The zero-order valence-electron chi connectivity index (χ0n) is 10.9. The van der Waals surface area contributed by atoms with E-state index < -0.39 is 11.6 Å². The Morgan fingerprint density at radius 2 is 2.00 bits per heavy atom. The van der Waals surface area contributed by atoms with E-state index in [0.717, 1.165) is 38.4 Å². The highest BCUT2D eigenvalue weighted by atomic mass is 19.1. The second-order valence-electron chi connectivity index (χ2n) is 5.24. The molecule has 1 N–H and O–H groups in total. The maximum absolute atomic E-state index is 13.0. The molecule has 0 aliphatic carbocycles. The first-order valence-electron chi connectivity index (χ1n) is 6.81. The Morgan fingerprint density at radius 3 is 2.63 bits per heavy atom. The first-order valence-corrected chi connectivity index (χ1v) is 6.81. The smallest absolute Gasteiger partial charge is 0.137 e. The molecular formula is C15H19F2NO. The molecular weight excluding hydrogens is 248 g/mol. The quantitative estimate of drug-likeness (QED) is 0.888. The van der Waals surface area contributed by atoms with Crippen LogP contribution in [0, 0.1) is 17.6 Å². The molecule has 1 atom stereocenters. The number of ketones is 1. The Kier molecular flexibility index (Phi) is 5.02. The summed E-state index contributed by atoms with van der Waals surface area (Å²) in [5, 5.41) is 3.31. The van der Waals surface area contributed by atoms with Crippen molar-refractivity contribution < 1.29 is 13.6 Å². The molecule has 1 aliphatic heterocycles. The van der Waals surface area contributed by atoms with Gasteiger partial charge in [-0.15, -0.1) is 0 Å². The van der Waals surface area contributed by atoms with Crippen molar-refractivity contribution in [1.29, 1.82) is 0 Å². The first-order chi connectivity index (χ1) is 9.13. The average molecular weight is 267 g/mol. The number of benzene rings is 1. The van der Waals surface area contributed by atoms with Gasteiger partial charge in [-0.3, -0.25) is 4.79 Å². The number of hydrogen-bond donors (Lipinski definition) is 1. The fourth-order valence-electron chi connectivity index (χ4n) is 2.56. The van der Waals surface area contributed by atoms with Crippen LogP contribution in [-0.2, 0) is 11.2 Å². The number of Topliss-reactive ketones (excluding diaryl/α,β-unsaturated/α-hetero) is 1. The number of rotatable bonds is 5. The second-order valence-corrected chi connectivity index (χ2v) is 5.24. The van der Waals surface area contributed by atoms with Crippen molar-refractivity contribution >= 4 is 5.78 Å². The van der Waals surface area contributed by atoms with Gasteiger partial charge in [0.25, 0.3) is 0 Å². The van der Waals surface area contributed by atoms with Crippen LogP contribution in [0.2, 0.25) is 0 Å². The number of halogens is 2. The molecule has 1 aromatic carbocycles. The van der Waals surface area contributed by atoms with Crippen LogP contribution in [-0.4, -0.2) is 18.9 Å². The summed E-state index contributed by atoms with van der Waals surface area (Å²) in [7, 11) is 0. The lowest BCUT2D eigenvalue weighted by atomic mass is 9.92. The molecule has 0 saturated carbocycles. The van der Waals surface area contributed by atoms with Crippen molar-refractivity contribution in [2.75, 3.05) is 13.1 Å². The maximum Gasteiger partial charge on any atom is 0.137 e. The van der Waals surface area contributed by atoms with Gasteiger partial charge in [-0.2, -0.15) is 0 Å². The van der Waals surface area contributed by atoms with Crippen LogP contribution in [0.4, 0.5) is 8.78 Å². The van der Waals surface area contributed by atoms with E-state index in [1.54, 1.807) is 0 Å². The summed E-state index contributed by atoms with van der Waals surface area (Å²) >= 11 is 0. The van der Waals surface area contributed by atoms with Crippen LogP contribution < -0.4 is 5.32 Å². The summed E-state index contributed by atoms with van der Waals surface area (Å²) in [6.45, 7) is 2.04. The lowest BCUT2D eigenvalue weighted by Crippen LogP contribution is -2.30. The first kappa shape index (κ1) is 14.1. The van der Waals surface area contributed by atoms with E-state index >= 15 is 0 Å². The molecule has 4 heteroatoms. The van der Waals surface area contributed by atoms with E-state index in [-0.39, 0.29) is 12.2 Å². The molecule has 1 saturated heterocycles. The Bertz CT molecular complexity index is 422. The van der Waals surface area contributed by atoms with E-state index in [9.17, 15) is 13.6 Å². The Balaban J connectivity index is 1.80. The zero-order valence-corrected chi connectivity index (χ0v) is 10.9. The van der Waals surface area contributed by atoms with Crippen molar-refractivity contribution in [2.24, 2.45) is 5.92 Å². The van der Waals surface area contributed by atoms with Crippen LogP contribution >= 0.6 is 0 Å². The number of carbonyl (C=O) groups is 1. The number of carbonyl (C=O) groups excluding carboxylic acids is 1. The maximum atomic E-state index is 13.0. The third-order valence-corrected chi connectivity index (χ3v) is 3.55. The van der Waals surface area contributed by atoms with E-state index in [1.165, 1.54) is 12.1 Å². The van der Waals surface area contributed by atoms with Crippen LogP contribution in [0.1, 0.15) is 31.2 Å². The standard InChI is InChI=1S/C15H19F2NO/c16-13-6-12(7-14(17)9-13)8-15(19)4-3-11-2-1-5-18-10-11/h6-7,9,11,18H,1-5,8,10H2. The fourth-order valence-corrected chi connectivity index (χ4v) is 2.56. The summed E-state index contributed by atoms with van der Waals surface area (Å²) in [6.07, 6.45) is 3.80. The van der Waals surface area contributed by atoms with E-state index in [1.807, 2.05) is 0 Å². The highest BCUT2D eigenvalue weighted by Gasteiger charge is 2.15. The molecule has 104 valence electrons. The molecule has 0 radical (unpaired) electrons. The molecule has 2 rings (SSSR count). The summed E-state index contributed by atoms with van der Waals surface area (Å²) in [5.74, 6) is -0.643. The lowest BCUT2D eigenvalue weighted by Gasteiger charge is -2.22. The third kappa shape index (κ3) is 4.71. The molecule has 0 spiro atoms. The van der Waals surface area contributed by atoms with Crippen molar-refractivity contribution in [2.45, 2.75) is 32.1 Å². The topological polar surface area (TPSA) is 29.1 Å². The monoisotopic (exact) mass is 267 g/mol. The van der Waals surface area contributed by atoms with Gasteiger partial charge in [0.2, 0.25) is 0 Å². The highest BCUT2D eigenvalue weighted by molar-refractivity contribution is 5.80. The lowest BCUT2D eigenvalue weighted by molar-refractivity contribution is -0.118. The van der Waals surface area contributed by atoms with Gasteiger partial charge in [-0.1, -0.05) is 0 Å². The van der Waals surface area contributed by atoms with Gasteiger partial charge in [0.1, 0.15) is 17.4 Å². The van der Waals surface area contributed by atoms with Gasteiger partial charge in [0.15, 0.2) is 0 Å². The molecule has 19 heavy (non-hydrogen) atoms. The largest absolute Gasteiger partial charge is 0.316 e. The zero-order chi connectivity index (χ0) is 13.7. The van der Waals surface area contributed by atoms with Gasteiger partial charge in [0.05, 0.1) is 0 Å². The van der Waals surface area contributed by atoms with Crippen molar-refractivity contribution in [1.82, 2.24) is 5.32 Å². The molecule has 1 unspecified atom stereocenters. The number of hydrogen-bond acceptors (Lipinski definition) is 2. The molecule has 1 aliphatic rings. The van der Waals surface area contributed by atoms with E-state index in [0.29, 0.717) is 17.9 Å². The highest BCUT2D eigenvalue weighted by Crippen LogP contribution is 2.17. The van der Waals surface area contributed by atoms with Crippen LogP contribution in [0.5, 0.6) is 0 Å². The minimum absolute atomic E-state index is 0.0515. The summed E-state index contributed by atoms with van der Waals surface area (Å²) in [4.78, 5) is 11.8. The Morgan fingerprint density at radius 1 is 1.26 bits per heavy atom. The third-order valence-electron chi connectivity index (χ3n) is 3.55. The van der Waals surface area contributed by atoms with E-state index in [2.05, 4.69) is 5.32 Å². The van der Waals surface area contributed by atoms with Crippen molar-refractivity contribution in [3.8, 4) is 0 Å². The summed E-state index contributed by atoms with van der Waals surface area (Å²) < 4.78 is 26.0. The molecule has 0 amide bonds. The van der Waals surface area contributed by atoms with E-state index in [4.69, 9.17) is 0 Å². The van der Waals surface area contributed by atoms with Gasteiger partial charge < -0.3 is 5.32 Å². The van der Waals surface area contributed by atoms with Crippen molar-refractivity contribution in [3.05, 3.63) is 35.4 Å². The summed E-state index contributed by atoms with van der Waals surface area (Å²) in [6, 6.07) is 3.27. The van der Waals surface area contributed by atoms with Gasteiger partial charge in [0, 0.05) is 18.9 Å². The van der Waals surface area contributed by atoms with Crippen LogP contribution in [0.3, 0.4) is 0 Å². The minimum atomic E-state index is -0.626.